The summed E-state index contributed by atoms with van der Waals surface area (Å²) in [6, 6.07) is 2.38. The SMILES string of the molecule is CC1CNC(C(C)(C)C)CN1c1c(F)cc(F)cc1Cl. The van der Waals surface area contributed by atoms with Gasteiger partial charge in [-0.3, -0.25) is 0 Å². The molecule has 0 aliphatic carbocycles. The summed E-state index contributed by atoms with van der Waals surface area (Å²) in [4.78, 5) is 1.93. The topological polar surface area (TPSA) is 15.3 Å². The van der Waals surface area contributed by atoms with Crippen LogP contribution < -0.4 is 10.2 Å². The first-order chi connectivity index (χ1) is 9.20. The van der Waals surface area contributed by atoms with Crippen LogP contribution in [0.25, 0.3) is 0 Å². The van der Waals surface area contributed by atoms with Gasteiger partial charge in [0.1, 0.15) is 5.82 Å². The molecule has 1 heterocycles. The molecule has 2 atom stereocenters. The monoisotopic (exact) mass is 302 g/mol. The highest BCUT2D eigenvalue weighted by Crippen LogP contribution is 2.34. The fourth-order valence-electron chi connectivity index (χ4n) is 2.56. The van der Waals surface area contributed by atoms with E-state index in [1.807, 2.05) is 11.8 Å². The lowest BCUT2D eigenvalue weighted by molar-refractivity contribution is 0.238. The molecule has 0 radical (unpaired) electrons. The zero-order chi connectivity index (χ0) is 15.1. The van der Waals surface area contributed by atoms with Gasteiger partial charge in [0, 0.05) is 31.2 Å². The third-order valence-corrected chi connectivity index (χ3v) is 4.17. The number of anilines is 1. The van der Waals surface area contributed by atoms with Crippen LogP contribution in [0.5, 0.6) is 0 Å². The van der Waals surface area contributed by atoms with Crippen molar-refractivity contribution >= 4 is 17.3 Å². The molecule has 2 rings (SSSR count). The van der Waals surface area contributed by atoms with Gasteiger partial charge in [0.2, 0.25) is 0 Å². The molecule has 1 aromatic rings. The van der Waals surface area contributed by atoms with Crippen molar-refractivity contribution in [2.24, 2.45) is 5.41 Å². The Morgan fingerprint density at radius 3 is 2.50 bits per heavy atom. The molecule has 112 valence electrons. The second-order valence-electron chi connectivity index (χ2n) is 6.55. The van der Waals surface area contributed by atoms with Gasteiger partial charge in [-0.25, -0.2) is 8.78 Å². The predicted octanol–water partition coefficient (Wildman–Crippen LogP) is 3.83. The molecule has 2 unspecified atom stereocenters. The maximum atomic E-state index is 14.1. The Morgan fingerprint density at radius 2 is 1.95 bits per heavy atom. The zero-order valence-electron chi connectivity index (χ0n) is 12.3. The van der Waals surface area contributed by atoms with E-state index in [-0.39, 0.29) is 22.5 Å². The maximum Gasteiger partial charge on any atom is 0.150 e. The normalized spacial score (nSPS) is 24.1. The molecule has 1 N–H and O–H groups in total. The molecule has 1 fully saturated rings. The number of piperazine rings is 1. The first-order valence-electron chi connectivity index (χ1n) is 6.84. The Kier molecular flexibility index (Phi) is 4.26. The van der Waals surface area contributed by atoms with Gasteiger partial charge < -0.3 is 10.2 Å². The van der Waals surface area contributed by atoms with Crippen molar-refractivity contribution in [3.63, 3.8) is 0 Å². The minimum Gasteiger partial charge on any atom is -0.362 e. The number of nitrogens with zero attached hydrogens (tertiary/aromatic N) is 1. The number of hydrogen-bond donors (Lipinski definition) is 1. The zero-order valence-corrected chi connectivity index (χ0v) is 13.1. The minimum absolute atomic E-state index is 0.0569. The summed E-state index contributed by atoms with van der Waals surface area (Å²) < 4.78 is 27.3. The molecule has 0 amide bonds. The number of halogens is 3. The van der Waals surface area contributed by atoms with E-state index in [2.05, 4.69) is 26.1 Å². The Bertz CT molecular complexity index is 476. The smallest absolute Gasteiger partial charge is 0.150 e. The van der Waals surface area contributed by atoms with Crippen molar-refractivity contribution in [3.05, 3.63) is 28.8 Å². The van der Waals surface area contributed by atoms with E-state index in [0.717, 1.165) is 12.6 Å². The van der Waals surface area contributed by atoms with Gasteiger partial charge in [-0.15, -0.1) is 0 Å². The third-order valence-electron chi connectivity index (χ3n) is 3.89. The fourth-order valence-corrected chi connectivity index (χ4v) is 2.87. The molecule has 0 spiro atoms. The first-order valence-corrected chi connectivity index (χ1v) is 7.22. The lowest BCUT2D eigenvalue weighted by Crippen LogP contribution is -2.60. The summed E-state index contributed by atoms with van der Waals surface area (Å²) in [5.41, 5.74) is 0.359. The quantitative estimate of drug-likeness (QED) is 0.848. The third kappa shape index (κ3) is 3.07. The molecule has 5 heteroatoms. The highest BCUT2D eigenvalue weighted by atomic mass is 35.5. The Labute approximate surface area is 124 Å². The predicted molar refractivity (Wildman–Crippen MR) is 79.4 cm³/mol. The van der Waals surface area contributed by atoms with E-state index < -0.39 is 11.6 Å². The number of hydrogen-bond acceptors (Lipinski definition) is 2. The summed E-state index contributed by atoms with van der Waals surface area (Å²) in [6.45, 7) is 9.82. The lowest BCUT2D eigenvalue weighted by Gasteiger charge is -2.45. The number of nitrogens with one attached hydrogen (secondary N) is 1. The second-order valence-corrected chi connectivity index (χ2v) is 6.95. The van der Waals surface area contributed by atoms with E-state index in [1.54, 1.807) is 0 Å². The van der Waals surface area contributed by atoms with Crippen LogP contribution in [0.3, 0.4) is 0 Å². The molecule has 1 aliphatic heterocycles. The average molecular weight is 303 g/mol. The van der Waals surface area contributed by atoms with Crippen molar-refractivity contribution in [2.45, 2.75) is 39.8 Å². The van der Waals surface area contributed by atoms with E-state index in [9.17, 15) is 8.78 Å². The molecular formula is C15H21ClF2N2. The molecule has 1 saturated heterocycles. The van der Waals surface area contributed by atoms with E-state index >= 15 is 0 Å². The Hall–Kier alpha value is -0.870. The molecule has 2 nitrogen and oxygen atoms in total. The minimum atomic E-state index is -0.647. The summed E-state index contributed by atoms with van der Waals surface area (Å²) in [7, 11) is 0. The lowest BCUT2D eigenvalue weighted by atomic mass is 9.84. The van der Waals surface area contributed by atoms with Crippen LogP contribution in [0.4, 0.5) is 14.5 Å². The molecule has 1 aromatic carbocycles. The molecule has 20 heavy (non-hydrogen) atoms. The van der Waals surface area contributed by atoms with E-state index in [1.165, 1.54) is 6.07 Å². The largest absolute Gasteiger partial charge is 0.362 e. The highest BCUT2D eigenvalue weighted by molar-refractivity contribution is 6.33. The Balaban J connectivity index is 2.35. The van der Waals surface area contributed by atoms with Crippen LogP contribution in [0.15, 0.2) is 12.1 Å². The van der Waals surface area contributed by atoms with Crippen molar-refractivity contribution in [3.8, 4) is 0 Å². The standard InChI is InChI=1S/C15H21ClF2N2/c1-9-7-19-13(15(2,3)4)8-20(9)14-11(16)5-10(17)6-12(14)18/h5-6,9,13,19H,7-8H2,1-4H3. The Morgan fingerprint density at radius 1 is 1.30 bits per heavy atom. The van der Waals surface area contributed by atoms with Crippen molar-refractivity contribution in [2.75, 3.05) is 18.0 Å². The van der Waals surface area contributed by atoms with Gasteiger partial charge in [0.05, 0.1) is 10.7 Å². The van der Waals surface area contributed by atoms with Crippen LogP contribution in [0.2, 0.25) is 5.02 Å². The number of rotatable bonds is 1. The van der Waals surface area contributed by atoms with Crippen LogP contribution in [0.1, 0.15) is 27.7 Å². The molecule has 0 saturated carbocycles. The summed E-state index contributed by atoms with van der Waals surface area (Å²) >= 11 is 6.05. The highest BCUT2D eigenvalue weighted by Gasteiger charge is 2.34. The van der Waals surface area contributed by atoms with Crippen LogP contribution in [-0.4, -0.2) is 25.2 Å². The van der Waals surface area contributed by atoms with Gasteiger partial charge in [0.15, 0.2) is 5.82 Å². The van der Waals surface area contributed by atoms with Crippen LogP contribution >= 0.6 is 11.6 Å². The van der Waals surface area contributed by atoms with Crippen LogP contribution in [0, 0.1) is 17.0 Å². The fraction of sp³-hybridized carbons (Fsp3) is 0.600. The van der Waals surface area contributed by atoms with Crippen molar-refractivity contribution in [1.29, 1.82) is 0 Å². The number of benzene rings is 1. The summed E-state index contributed by atoms with van der Waals surface area (Å²) in [6.07, 6.45) is 0. The second kappa shape index (κ2) is 5.49. The molecular weight excluding hydrogens is 282 g/mol. The molecule has 1 aliphatic rings. The van der Waals surface area contributed by atoms with Gasteiger partial charge in [-0.05, 0) is 18.4 Å². The maximum absolute atomic E-state index is 14.1. The summed E-state index contributed by atoms with van der Waals surface area (Å²) in [5, 5.41) is 3.61. The molecule has 0 aromatic heterocycles. The van der Waals surface area contributed by atoms with Gasteiger partial charge in [-0.2, -0.15) is 0 Å². The summed E-state index contributed by atoms with van der Waals surface area (Å²) in [5.74, 6) is -1.25. The van der Waals surface area contributed by atoms with Gasteiger partial charge in [0.25, 0.3) is 0 Å². The van der Waals surface area contributed by atoms with Crippen molar-refractivity contribution < 1.29 is 8.78 Å². The first kappa shape index (κ1) is 15.5. The van der Waals surface area contributed by atoms with E-state index in [0.29, 0.717) is 12.2 Å². The average Bonchev–Trinajstić information content (AvgIpc) is 2.28. The van der Waals surface area contributed by atoms with E-state index in [4.69, 9.17) is 11.6 Å². The van der Waals surface area contributed by atoms with Crippen molar-refractivity contribution in [1.82, 2.24) is 5.32 Å². The molecule has 0 bridgehead atoms. The van der Waals surface area contributed by atoms with Gasteiger partial charge in [-0.1, -0.05) is 32.4 Å². The van der Waals surface area contributed by atoms with Crippen LogP contribution in [-0.2, 0) is 0 Å². The van der Waals surface area contributed by atoms with Gasteiger partial charge >= 0.3 is 0 Å².